The molecule has 0 spiro atoms. The number of halogens is 1. The second-order valence-corrected chi connectivity index (χ2v) is 9.19. The predicted molar refractivity (Wildman–Crippen MR) is 130 cm³/mol. The zero-order valence-corrected chi connectivity index (χ0v) is 20.1. The number of hydrogen-bond acceptors (Lipinski definition) is 6. The van der Waals surface area contributed by atoms with Gasteiger partial charge in [0.2, 0.25) is 0 Å². The Morgan fingerprint density at radius 2 is 2.03 bits per heavy atom. The number of Topliss-reactive ketones (excluding diaryl/α,β-unsaturated/α-hetero) is 1. The van der Waals surface area contributed by atoms with E-state index in [2.05, 4.69) is 5.32 Å². The molecule has 0 saturated carbocycles. The predicted octanol–water partition coefficient (Wildman–Crippen LogP) is 6.04. The molecule has 2 aromatic rings. The first-order valence-electron chi connectivity index (χ1n) is 11.1. The average Bonchev–Trinajstić information content (AvgIpc) is 3.22. The summed E-state index contributed by atoms with van der Waals surface area (Å²) in [5.74, 6) is -1.02. The van der Waals surface area contributed by atoms with Gasteiger partial charge in [-0.15, -0.1) is 11.3 Å². The van der Waals surface area contributed by atoms with Gasteiger partial charge in [-0.05, 0) is 62.8 Å². The molecule has 0 bridgehead atoms. The summed E-state index contributed by atoms with van der Waals surface area (Å²) in [5.41, 5.74) is -1.01. The number of carboxylic acid groups (broad SMARTS) is 1. The quantitative estimate of drug-likeness (QED) is 0.179. The summed E-state index contributed by atoms with van der Waals surface area (Å²) >= 11 is 1.53. The topological polar surface area (TPSA) is 117 Å². The zero-order valence-electron chi connectivity index (χ0n) is 19.3. The van der Waals surface area contributed by atoms with Crippen LogP contribution in [0.4, 0.5) is 9.18 Å². The molecule has 3 N–H and O–H groups in total. The van der Waals surface area contributed by atoms with Crippen LogP contribution in [0, 0.1) is 0 Å². The highest BCUT2D eigenvalue weighted by atomic mass is 32.1. The Labute approximate surface area is 201 Å². The first kappa shape index (κ1) is 27.0. The number of carbonyl (C=O) groups is 2. The number of unbranched alkanes of at least 4 members (excludes halogenated alkanes) is 2. The molecule has 1 amide bonds. The Hall–Kier alpha value is -3.20. The molecule has 2 aromatic heterocycles. The van der Waals surface area contributed by atoms with Gasteiger partial charge in [0, 0.05) is 27.9 Å². The van der Waals surface area contributed by atoms with Gasteiger partial charge in [0.1, 0.15) is 17.1 Å². The molecule has 2 rings (SSSR count). The fourth-order valence-electron chi connectivity index (χ4n) is 3.31. The first-order valence-corrected chi connectivity index (χ1v) is 11.9. The van der Waals surface area contributed by atoms with Crippen LogP contribution in [0.25, 0.3) is 6.08 Å². The number of amides is 1. The van der Waals surface area contributed by atoms with E-state index >= 15 is 0 Å². The van der Waals surface area contributed by atoms with Gasteiger partial charge >= 0.3 is 11.7 Å². The molecule has 0 radical (unpaired) electrons. The van der Waals surface area contributed by atoms with Crippen molar-refractivity contribution in [1.82, 2.24) is 5.32 Å². The molecule has 0 aliphatic heterocycles. The Morgan fingerprint density at radius 1 is 1.26 bits per heavy atom. The molecule has 0 aliphatic carbocycles. The summed E-state index contributed by atoms with van der Waals surface area (Å²) < 4.78 is 17.5. The van der Waals surface area contributed by atoms with Crippen LogP contribution in [-0.4, -0.2) is 28.8 Å². The maximum absolute atomic E-state index is 12.8. The van der Waals surface area contributed by atoms with Crippen molar-refractivity contribution in [3.63, 3.8) is 0 Å². The van der Waals surface area contributed by atoms with Gasteiger partial charge in [0.25, 0.3) is 0 Å². The lowest BCUT2D eigenvalue weighted by Crippen LogP contribution is -2.16. The minimum atomic E-state index is -1.16. The van der Waals surface area contributed by atoms with E-state index in [1.807, 2.05) is 12.1 Å². The molecule has 34 heavy (non-hydrogen) atoms. The number of hydrogen-bond donors (Lipinski definition) is 3. The minimum Gasteiger partial charge on any atom is -0.507 e. The third-order valence-corrected chi connectivity index (χ3v) is 6.30. The van der Waals surface area contributed by atoms with Gasteiger partial charge in [-0.25, -0.2) is 9.59 Å². The fourth-order valence-corrected chi connectivity index (χ4v) is 4.36. The lowest BCUT2D eigenvalue weighted by atomic mass is 10.00. The highest BCUT2D eigenvalue weighted by Crippen LogP contribution is 2.27. The molecule has 184 valence electrons. The highest BCUT2D eigenvalue weighted by Gasteiger charge is 2.22. The van der Waals surface area contributed by atoms with Gasteiger partial charge in [-0.2, -0.15) is 0 Å². The van der Waals surface area contributed by atoms with Crippen LogP contribution in [0.5, 0.6) is 5.75 Å². The zero-order chi connectivity index (χ0) is 25.1. The van der Waals surface area contributed by atoms with Crippen molar-refractivity contribution >= 4 is 29.3 Å². The number of nitrogens with one attached hydrogen (secondary N) is 1. The summed E-state index contributed by atoms with van der Waals surface area (Å²) in [4.78, 5) is 37.7. The standard InChI is InChI=1S/C25H30FNO6S/c1-16(8-5-7-13-27-25(31)32)21-15-20(28)22(24(30)33-21)23(29)17(2)14-19-11-10-18(34-19)9-4-3-6-12-26/h7,10-11,13-16,27-28H,3-6,8-9,12H2,1-2H3,(H,31,32). The number of aryl methyl sites for hydroxylation is 1. The van der Waals surface area contributed by atoms with E-state index in [1.54, 1.807) is 26.0 Å². The largest absolute Gasteiger partial charge is 0.507 e. The van der Waals surface area contributed by atoms with Crippen molar-refractivity contribution in [3.05, 3.63) is 67.5 Å². The molecule has 0 fully saturated rings. The number of ketones is 1. The maximum atomic E-state index is 12.8. The summed E-state index contributed by atoms with van der Waals surface area (Å²) in [7, 11) is 0. The first-order chi connectivity index (χ1) is 16.2. The van der Waals surface area contributed by atoms with Crippen LogP contribution in [0.15, 0.2) is 45.3 Å². The SMILES string of the molecule is CC(=Cc1ccc(CCCCCF)s1)C(=O)c1c(O)cc(C(C)CCC=CNC(=O)O)oc1=O. The number of aromatic hydroxyl groups is 1. The third-order valence-electron chi connectivity index (χ3n) is 5.21. The molecule has 0 saturated heterocycles. The molecular formula is C25H30FNO6S. The van der Waals surface area contributed by atoms with Crippen LogP contribution in [-0.2, 0) is 6.42 Å². The van der Waals surface area contributed by atoms with E-state index in [-0.39, 0.29) is 18.4 Å². The third kappa shape index (κ3) is 8.30. The van der Waals surface area contributed by atoms with Crippen LogP contribution in [0.2, 0.25) is 0 Å². The number of allylic oxidation sites excluding steroid dienone is 2. The smallest absolute Gasteiger partial charge is 0.408 e. The molecule has 1 atom stereocenters. The van der Waals surface area contributed by atoms with Gasteiger partial charge in [-0.3, -0.25) is 14.5 Å². The van der Waals surface area contributed by atoms with E-state index < -0.39 is 28.8 Å². The Bertz CT molecular complexity index is 1100. The fraction of sp³-hybridized carbons (Fsp3) is 0.400. The highest BCUT2D eigenvalue weighted by molar-refractivity contribution is 7.12. The van der Waals surface area contributed by atoms with Gasteiger partial charge in [-0.1, -0.05) is 19.4 Å². The van der Waals surface area contributed by atoms with Crippen molar-refractivity contribution in [2.75, 3.05) is 6.67 Å². The number of thiophene rings is 1. The van der Waals surface area contributed by atoms with E-state index in [4.69, 9.17) is 9.52 Å². The molecule has 7 nitrogen and oxygen atoms in total. The van der Waals surface area contributed by atoms with Crippen molar-refractivity contribution in [2.45, 2.75) is 58.3 Å². The van der Waals surface area contributed by atoms with Crippen molar-refractivity contribution < 1.29 is 28.6 Å². The molecule has 1 unspecified atom stereocenters. The Balaban J connectivity index is 2.06. The summed E-state index contributed by atoms with van der Waals surface area (Å²) in [6.07, 6.45) is 7.67. The Morgan fingerprint density at radius 3 is 2.71 bits per heavy atom. The number of rotatable bonds is 13. The maximum Gasteiger partial charge on any atom is 0.408 e. The molecule has 9 heteroatoms. The second-order valence-electron chi connectivity index (χ2n) is 7.99. The molecule has 2 heterocycles. The van der Waals surface area contributed by atoms with Crippen molar-refractivity contribution in [3.8, 4) is 5.75 Å². The monoisotopic (exact) mass is 491 g/mol. The van der Waals surface area contributed by atoms with E-state index in [0.29, 0.717) is 24.8 Å². The van der Waals surface area contributed by atoms with Crippen LogP contribution in [0.1, 0.15) is 77.7 Å². The van der Waals surface area contributed by atoms with E-state index in [1.165, 1.54) is 23.6 Å². The summed E-state index contributed by atoms with van der Waals surface area (Å²) in [6, 6.07) is 5.14. The molecule has 0 aromatic carbocycles. The van der Waals surface area contributed by atoms with Crippen LogP contribution < -0.4 is 10.9 Å². The average molecular weight is 492 g/mol. The van der Waals surface area contributed by atoms with E-state index in [9.17, 15) is 23.9 Å². The van der Waals surface area contributed by atoms with Gasteiger partial charge < -0.3 is 14.6 Å². The number of carbonyl (C=O) groups excluding carboxylic acids is 1. The van der Waals surface area contributed by atoms with Crippen LogP contribution in [0.3, 0.4) is 0 Å². The summed E-state index contributed by atoms with van der Waals surface area (Å²) in [6.45, 7) is 3.08. The Kier molecular flexibility index (Phi) is 10.7. The molecule has 0 aliphatic rings. The van der Waals surface area contributed by atoms with Crippen molar-refractivity contribution in [2.24, 2.45) is 0 Å². The van der Waals surface area contributed by atoms with Gasteiger partial charge in [0.15, 0.2) is 5.78 Å². The second kappa shape index (κ2) is 13.5. The molecular weight excluding hydrogens is 461 g/mol. The van der Waals surface area contributed by atoms with Crippen molar-refractivity contribution in [1.29, 1.82) is 0 Å². The normalized spacial score (nSPS) is 12.7. The summed E-state index contributed by atoms with van der Waals surface area (Å²) in [5, 5.41) is 21.0. The number of alkyl halides is 1. The van der Waals surface area contributed by atoms with Crippen LogP contribution >= 0.6 is 11.3 Å². The minimum absolute atomic E-state index is 0.233. The van der Waals surface area contributed by atoms with E-state index in [0.717, 1.165) is 29.0 Å². The van der Waals surface area contributed by atoms with Gasteiger partial charge in [0.05, 0.1) is 6.67 Å². The lowest BCUT2D eigenvalue weighted by molar-refractivity contribution is 0.102. The lowest BCUT2D eigenvalue weighted by Gasteiger charge is -2.11.